The molecule has 1 atom stereocenters. The van der Waals surface area contributed by atoms with E-state index in [1.807, 2.05) is 13.8 Å². The summed E-state index contributed by atoms with van der Waals surface area (Å²) in [6, 6.07) is 7.74. The summed E-state index contributed by atoms with van der Waals surface area (Å²) >= 11 is 0. The Labute approximate surface area is 129 Å². The van der Waals surface area contributed by atoms with Crippen molar-refractivity contribution in [1.29, 1.82) is 0 Å². The lowest BCUT2D eigenvalue weighted by Gasteiger charge is -2.16. The average molecular weight is 305 g/mol. The van der Waals surface area contributed by atoms with Gasteiger partial charge in [0, 0.05) is 5.56 Å². The number of rotatable bonds is 6. The second kappa shape index (κ2) is 6.75. The lowest BCUT2D eigenvalue weighted by atomic mass is 10.1. The first kappa shape index (κ1) is 16.2. The number of halogens is 1. The molecule has 0 saturated heterocycles. The predicted octanol–water partition coefficient (Wildman–Crippen LogP) is 3.59. The molecule has 2 N–H and O–H groups in total. The molecule has 0 aliphatic rings. The summed E-state index contributed by atoms with van der Waals surface area (Å²) < 4.78 is 19.3. The van der Waals surface area contributed by atoms with Crippen LogP contribution in [0.3, 0.4) is 0 Å². The van der Waals surface area contributed by atoms with Gasteiger partial charge >= 0.3 is 5.97 Å². The van der Waals surface area contributed by atoms with Crippen molar-refractivity contribution < 1.29 is 18.7 Å². The highest BCUT2D eigenvalue weighted by molar-refractivity contribution is 5.73. The van der Waals surface area contributed by atoms with Crippen LogP contribution in [0.15, 0.2) is 34.7 Å². The first-order chi connectivity index (χ1) is 10.4. The molecule has 22 heavy (non-hydrogen) atoms. The molecule has 0 saturated carbocycles. The van der Waals surface area contributed by atoms with E-state index in [1.54, 1.807) is 31.2 Å². The molecule has 5 heteroatoms. The van der Waals surface area contributed by atoms with E-state index < -0.39 is 12.0 Å². The fourth-order valence-corrected chi connectivity index (χ4v) is 2.31. The molecule has 118 valence electrons. The Kier molecular flexibility index (Phi) is 4.98. The van der Waals surface area contributed by atoms with E-state index in [2.05, 4.69) is 5.32 Å². The molecule has 0 bridgehead atoms. The van der Waals surface area contributed by atoms with Crippen molar-refractivity contribution in [2.45, 2.75) is 33.4 Å². The van der Waals surface area contributed by atoms with Crippen LogP contribution in [-0.2, 0) is 11.3 Å². The first-order valence-corrected chi connectivity index (χ1v) is 7.20. The van der Waals surface area contributed by atoms with Crippen molar-refractivity contribution in [3.05, 3.63) is 47.5 Å². The van der Waals surface area contributed by atoms with E-state index in [-0.39, 0.29) is 11.7 Å². The van der Waals surface area contributed by atoms with Gasteiger partial charge in [-0.2, -0.15) is 0 Å². The number of hydrogen-bond donors (Lipinski definition) is 2. The molecule has 0 amide bonds. The molecule has 1 heterocycles. The van der Waals surface area contributed by atoms with Gasteiger partial charge in [0.2, 0.25) is 0 Å². The first-order valence-electron chi connectivity index (χ1n) is 7.20. The van der Waals surface area contributed by atoms with Gasteiger partial charge in [-0.1, -0.05) is 26.0 Å². The van der Waals surface area contributed by atoms with E-state index in [0.29, 0.717) is 29.2 Å². The molecule has 2 aromatic rings. The minimum absolute atomic E-state index is 0.0302. The highest BCUT2D eigenvalue weighted by atomic mass is 19.1. The van der Waals surface area contributed by atoms with Gasteiger partial charge in [0.15, 0.2) is 0 Å². The second-order valence-electron chi connectivity index (χ2n) is 5.62. The van der Waals surface area contributed by atoms with Gasteiger partial charge in [-0.15, -0.1) is 0 Å². The Bertz CT molecular complexity index is 664. The zero-order valence-corrected chi connectivity index (χ0v) is 12.9. The van der Waals surface area contributed by atoms with Crippen LogP contribution < -0.4 is 5.32 Å². The maximum Gasteiger partial charge on any atom is 0.320 e. The molecule has 1 aromatic carbocycles. The third-order valence-corrected chi connectivity index (χ3v) is 3.62. The average Bonchev–Trinajstić information content (AvgIpc) is 2.90. The molecule has 1 aromatic heterocycles. The summed E-state index contributed by atoms with van der Waals surface area (Å²) in [5, 5.41) is 12.1. The molecular weight excluding hydrogens is 285 g/mol. The van der Waals surface area contributed by atoms with Crippen molar-refractivity contribution in [2.75, 3.05) is 0 Å². The summed E-state index contributed by atoms with van der Waals surface area (Å²) in [5.41, 5.74) is 1.23. The van der Waals surface area contributed by atoms with Crippen molar-refractivity contribution >= 4 is 5.97 Å². The van der Waals surface area contributed by atoms with Gasteiger partial charge in [0.05, 0.1) is 6.54 Å². The predicted molar refractivity (Wildman–Crippen MR) is 81.9 cm³/mol. The van der Waals surface area contributed by atoms with Crippen LogP contribution in [-0.4, -0.2) is 17.1 Å². The lowest BCUT2D eigenvalue weighted by molar-refractivity contribution is -0.140. The highest BCUT2D eigenvalue weighted by Gasteiger charge is 2.21. The Morgan fingerprint density at radius 1 is 1.32 bits per heavy atom. The van der Waals surface area contributed by atoms with Crippen molar-refractivity contribution in [3.63, 3.8) is 0 Å². The normalized spacial score (nSPS) is 12.6. The van der Waals surface area contributed by atoms with Crippen LogP contribution >= 0.6 is 0 Å². The fourth-order valence-electron chi connectivity index (χ4n) is 2.31. The van der Waals surface area contributed by atoms with Gasteiger partial charge < -0.3 is 9.52 Å². The molecule has 0 aliphatic heterocycles. The standard InChI is InChI=1S/C17H20FNO3/c1-10(2)16(17(20)21)19-9-12-7-8-15(22-12)13-5-4-6-14(18)11(13)3/h4-8,10,16,19H,9H2,1-3H3,(H,20,21)/t16-/m0/s1. The highest BCUT2D eigenvalue weighted by Crippen LogP contribution is 2.27. The summed E-state index contributed by atoms with van der Waals surface area (Å²) in [6.07, 6.45) is 0. The van der Waals surface area contributed by atoms with Gasteiger partial charge in [0.1, 0.15) is 23.4 Å². The van der Waals surface area contributed by atoms with Crippen LogP contribution in [0.2, 0.25) is 0 Å². The number of hydrogen-bond acceptors (Lipinski definition) is 3. The largest absolute Gasteiger partial charge is 0.480 e. The van der Waals surface area contributed by atoms with E-state index in [4.69, 9.17) is 9.52 Å². The maximum atomic E-state index is 13.6. The second-order valence-corrected chi connectivity index (χ2v) is 5.62. The Morgan fingerprint density at radius 3 is 2.68 bits per heavy atom. The van der Waals surface area contributed by atoms with Crippen LogP contribution in [0.5, 0.6) is 0 Å². The van der Waals surface area contributed by atoms with Gasteiger partial charge in [-0.05, 0) is 36.6 Å². The minimum Gasteiger partial charge on any atom is -0.480 e. The topological polar surface area (TPSA) is 62.5 Å². The third kappa shape index (κ3) is 3.54. The Balaban J connectivity index is 2.12. The minimum atomic E-state index is -0.886. The van der Waals surface area contributed by atoms with Crippen LogP contribution in [0.25, 0.3) is 11.3 Å². The smallest absolute Gasteiger partial charge is 0.320 e. The SMILES string of the molecule is Cc1c(F)cccc1-c1ccc(CN[C@H](C(=O)O)C(C)C)o1. The number of carboxylic acids is 1. The van der Waals surface area contributed by atoms with Crippen molar-refractivity contribution in [1.82, 2.24) is 5.32 Å². The zero-order valence-electron chi connectivity index (χ0n) is 12.9. The van der Waals surface area contributed by atoms with Crippen LogP contribution in [0, 0.1) is 18.7 Å². The summed E-state index contributed by atoms with van der Waals surface area (Å²) in [5.74, 6) is -0.00439. The van der Waals surface area contributed by atoms with Gasteiger partial charge in [0.25, 0.3) is 0 Å². The molecule has 0 unspecified atom stereocenters. The summed E-state index contributed by atoms with van der Waals surface area (Å²) in [7, 11) is 0. The van der Waals surface area contributed by atoms with E-state index in [1.165, 1.54) is 6.07 Å². The molecule has 0 radical (unpaired) electrons. The number of aliphatic carboxylic acids is 1. The monoisotopic (exact) mass is 305 g/mol. The zero-order chi connectivity index (χ0) is 16.3. The Morgan fingerprint density at radius 2 is 2.05 bits per heavy atom. The molecular formula is C17H20FNO3. The van der Waals surface area contributed by atoms with Gasteiger partial charge in [-0.25, -0.2) is 4.39 Å². The van der Waals surface area contributed by atoms with Gasteiger partial charge in [-0.3, -0.25) is 10.1 Å². The molecule has 4 nitrogen and oxygen atoms in total. The molecule has 0 spiro atoms. The molecule has 0 aliphatic carbocycles. The van der Waals surface area contributed by atoms with Crippen molar-refractivity contribution in [2.24, 2.45) is 5.92 Å². The number of carbonyl (C=O) groups is 1. The third-order valence-electron chi connectivity index (χ3n) is 3.62. The van der Waals surface area contributed by atoms with Crippen molar-refractivity contribution in [3.8, 4) is 11.3 Å². The maximum absolute atomic E-state index is 13.6. The van der Waals surface area contributed by atoms with Crippen LogP contribution in [0.1, 0.15) is 25.2 Å². The molecule has 2 rings (SSSR count). The van der Waals surface area contributed by atoms with Crippen LogP contribution in [0.4, 0.5) is 4.39 Å². The van der Waals surface area contributed by atoms with E-state index in [0.717, 1.165) is 0 Å². The lowest BCUT2D eigenvalue weighted by Crippen LogP contribution is -2.40. The fraction of sp³-hybridized carbons (Fsp3) is 0.353. The number of furan rings is 1. The summed E-state index contributed by atoms with van der Waals surface area (Å²) in [6.45, 7) is 5.69. The quantitative estimate of drug-likeness (QED) is 0.856. The number of benzene rings is 1. The number of carboxylic acid groups (broad SMARTS) is 1. The van der Waals surface area contributed by atoms with E-state index in [9.17, 15) is 9.18 Å². The van der Waals surface area contributed by atoms with E-state index >= 15 is 0 Å². The molecule has 0 fully saturated rings. The Hall–Kier alpha value is -2.14. The summed E-state index contributed by atoms with van der Waals surface area (Å²) in [4.78, 5) is 11.1. The number of nitrogens with one attached hydrogen (secondary N) is 1.